The van der Waals surface area contributed by atoms with Gasteiger partial charge in [0.1, 0.15) is 17.5 Å². The molecule has 0 bridgehead atoms. The molecule has 2 aromatic carbocycles. The van der Waals surface area contributed by atoms with Crippen LogP contribution in [0.3, 0.4) is 0 Å². The largest absolute Gasteiger partial charge is 0.328 e. The van der Waals surface area contributed by atoms with Gasteiger partial charge in [-0.25, -0.2) is 0 Å². The van der Waals surface area contributed by atoms with Gasteiger partial charge in [0.05, 0.1) is 11.4 Å². The number of ketones is 1. The Balaban J connectivity index is 1.71. The van der Waals surface area contributed by atoms with E-state index in [9.17, 15) is 14.9 Å². The molecule has 1 aliphatic heterocycles. The first-order chi connectivity index (χ1) is 13.8. The number of fused-ring (bicyclic) bond motifs is 1. The molecule has 1 amide bonds. The summed E-state index contributed by atoms with van der Waals surface area (Å²) in [4.78, 5) is 28.7. The fraction of sp³-hybridized carbons (Fsp3) is 0.261. The van der Waals surface area contributed by atoms with Gasteiger partial charge in [-0.1, -0.05) is 18.2 Å². The van der Waals surface area contributed by atoms with Crippen molar-refractivity contribution in [2.75, 3.05) is 29.2 Å². The summed E-state index contributed by atoms with van der Waals surface area (Å²) in [6.45, 7) is 3.98. The Labute approximate surface area is 171 Å². The van der Waals surface area contributed by atoms with Gasteiger partial charge in [-0.3, -0.25) is 9.59 Å². The standard InChI is InChI=1S/C23H24N4O2/c1-15-9-10-17(13-16(15)2)25-22(29)12-11-21(28)18(14-24)23-26(3)19-7-5-6-8-20(19)27(23)4/h5-10,13H,11-12H2,1-4H3,(H,25,29). The summed E-state index contributed by atoms with van der Waals surface area (Å²) in [5, 5.41) is 12.5. The van der Waals surface area contributed by atoms with Crippen molar-refractivity contribution < 1.29 is 9.59 Å². The minimum atomic E-state index is -0.343. The van der Waals surface area contributed by atoms with Crippen LogP contribution in [0.2, 0.25) is 0 Å². The summed E-state index contributed by atoms with van der Waals surface area (Å²) in [5.41, 5.74) is 4.85. The predicted molar refractivity (Wildman–Crippen MR) is 115 cm³/mol. The smallest absolute Gasteiger partial charge is 0.224 e. The maximum atomic E-state index is 12.7. The van der Waals surface area contributed by atoms with E-state index >= 15 is 0 Å². The van der Waals surface area contributed by atoms with E-state index in [0.717, 1.165) is 22.5 Å². The van der Waals surface area contributed by atoms with E-state index in [2.05, 4.69) is 5.32 Å². The summed E-state index contributed by atoms with van der Waals surface area (Å²) >= 11 is 0. The van der Waals surface area contributed by atoms with Crippen molar-refractivity contribution in [2.24, 2.45) is 0 Å². The number of carbonyl (C=O) groups is 2. The summed E-state index contributed by atoms with van der Waals surface area (Å²) in [7, 11) is 3.66. The number of hydrogen-bond acceptors (Lipinski definition) is 5. The molecule has 0 fully saturated rings. The number of anilines is 3. The van der Waals surface area contributed by atoms with Gasteiger partial charge in [-0.2, -0.15) is 5.26 Å². The molecule has 6 heteroatoms. The molecule has 0 saturated heterocycles. The zero-order chi connectivity index (χ0) is 21.1. The van der Waals surface area contributed by atoms with Crippen molar-refractivity contribution >= 4 is 28.8 Å². The van der Waals surface area contributed by atoms with E-state index in [1.807, 2.05) is 86.3 Å². The van der Waals surface area contributed by atoms with Crippen molar-refractivity contribution in [3.8, 4) is 6.07 Å². The molecule has 29 heavy (non-hydrogen) atoms. The van der Waals surface area contributed by atoms with Crippen LogP contribution in [-0.2, 0) is 9.59 Å². The number of para-hydroxylation sites is 2. The third kappa shape index (κ3) is 3.99. The minimum absolute atomic E-state index is 0.0184. The normalized spacial score (nSPS) is 12.4. The van der Waals surface area contributed by atoms with Gasteiger partial charge in [-0.05, 0) is 49.2 Å². The van der Waals surface area contributed by atoms with Crippen LogP contribution in [0.1, 0.15) is 24.0 Å². The Kier molecular flexibility index (Phi) is 5.69. The number of nitriles is 1. The van der Waals surface area contributed by atoms with Crippen molar-refractivity contribution in [1.29, 1.82) is 5.26 Å². The molecule has 6 nitrogen and oxygen atoms in total. The van der Waals surface area contributed by atoms with E-state index in [4.69, 9.17) is 0 Å². The zero-order valence-electron chi connectivity index (χ0n) is 17.1. The summed E-state index contributed by atoms with van der Waals surface area (Å²) in [5.74, 6) is -0.0576. The van der Waals surface area contributed by atoms with Crippen LogP contribution >= 0.6 is 0 Å². The molecule has 0 unspecified atom stereocenters. The molecule has 1 aliphatic rings. The lowest BCUT2D eigenvalue weighted by Gasteiger charge is -2.19. The van der Waals surface area contributed by atoms with Crippen molar-refractivity contribution in [1.82, 2.24) is 0 Å². The molecule has 0 spiro atoms. The summed E-state index contributed by atoms with van der Waals surface area (Å²) in [6.07, 6.45) is -0.00824. The molecular weight excluding hydrogens is 364 g/mol. The number of benzene rings is 2. The highest BCUT2D eigenvalue weighted by Crippen LogP contribution is 2.40. The zero-order valence-corrected chi connectivity index (χ0v) is 17.1. The first kappa shape index (κ1) is 20.2. The topological polar surface area (TPSA) is 76.4 Å². The first-order valence-corrected chi connectivity index (χ1v) is 9.44. The second kappa shape index (κ2) is 8.19. The third-order valence-corrected chi connectivity index (χ3v) is 5.22. The highest BCUT2D eigenvalue weighted by molar-refractivity contribution is 6.04. The highest BCUT2D eigenvalue weighted by Gasteiger charge is 2.31. The average Bonchev–Trinajstić information content (AvgIpc) is 2.95. The van der Waals surface area contributed by atoms with Crippen molar-refractivity contribution in [3.63, 3.8) is 0 Å². The molecular formula is C23H24N4O2. The molecule has 0 radical (unpaired) electrons. The van der Waals surface area contributed by atoms with Crippen LogP contribution in [-0.4, -0.2) is 25.8 Å². The summed E-state index contributed by atoms with van der Waals surface area (Å²) < 4.78 is 0. The van der Waals surface area contributed by atoms with Crippen LogP contribution in [0.5, 0.6) is 0 Å². The number of Topliss-reactive ketones (excluding diaryl/α,β-unsaturated/α-hetero) is 1. The van der Waals surface area contributed by atoms with Gasteiger partial charge in [0.25, 0.3) is 0 Å². The van der Waals surface area contributed by atoms with E-state index in [-0.39, 0.29) is 30.1 Å². The Morgan fingerprint density at radius 3 is 2.14 bits per heavy atom. The second-order valence-corrected chi connectivity index (χ2v) is 7.19. The number of hydrogen-bond donors (Lipinski definition) is 1. The Morgan fingerprint density at radius 2 is 1.59 bits per heavy atom. The molecule has 148 valence electrons. The number of nitrogens with one attached hydrogen (secondary N) is 1. The van der Waals surface area contributed by atoms with Gasteiger partial charge in [0, 0.05) is 32.6 Å². The number of amides is 1. The van der Waals surface area contributed by atoms with Crippen LogP contribution in [0, 0.1) is 25.2 Å². The lowest BCUT2D eigenvalue weighted by atomic mass is 10.1. The van der Waals surface area contributed by atoms with Gasteiger partial charge in [0.2, 0.25) is 5.91 Å². The van der Waals surface area contributed by atoms with Gasteiger partial charge >= 0.3 is 0 Å². The number of nitrogens with zero attached hydrogens (tertiary/aromatic N) is 3. The number of allylic oxidation sites excluding steroid dienone is 1. The molecule has 0 aromatic heterocycles. The number of carbonyl (C=O) groups excluding carboxylic acids is 2. The first-order valence-electron chi connectivity index (χ1n) is 9.44. The van der Waals surface area contributed by atoms with Gasteiger partial charge in [0.15, 0.2) is 5.78 Å². The monoisotopic (exact) mass is 388 g/mol. The van der Waals surface area contributed by atoms with Crippen LogP contribution < -0.4 is 15.1 Å². The molecule has 2 aromatic rings. The molecule has 3 rings (SSSR count). The Hall–Kier alpha value is -3.59. The quantitative estimate of drug-likeness (QED) is 0.621. The molecule has 0 aliphatic carbocycles. The maximum Gasteiger partial charge on any atom is 0.224 e. The average molecular weight is 388 g/mol. The van der Waals surface area contributed by atoms with Crippen molar-refractivity contribution in [2.45, 2.75) is 26.7 Å². The Bertz CT molecular complexity index is 1020. The third-order valence-electron chi connectivity index (χ3n) is 5.22. The highest BCUT2D eigenvalue weighted by atomic mass is 16.2. The fourth-order valence-corrected chi connectivity index (χ4v) is 3.45. The predicted octanol–water partition coefficient (Wildman–Crippen LogP) is 3.91. The van der Waals surface area contributed by atoms with E-state index in [1.54, 1.807) is 0 Å². The van der Waals surface area contributed by atoms with Gasteiger partial charge in [-0.15, -0.1) is 0 Å². The Morgan fingerprint density at radius 1 is 0.966 bits per heavy atom. The lowest BCUT2D eigenvalue weighted by molar-refractivity contribution is -0.120. The van der Waals surface area contributed by atoms with E-state index in [1.165, 1.54) is 0 Å². The maximum absolute atomic E-state index is 12.7. The molecule has 1 N–H and O–H groups in total. The fourth-order valence-electron chi connectivity index (χ4n) is 3.45. The van der Waals surface area contributed by atoms with E-state index in [0.29, 0.717) is 11.5 Å². The summed E-state index contributed by atoms with van der Waals surface area (Å²) in [6, 6.07) is 15.4. The SMILES string of the molecule is Cc1ccc(NC(=O)CCC(=O)C(C#N)=C2N(C)c3ccccc3N2C)cc1C. The molecule has 0 saturated carbocycles. The molecule has 0 atom stereocenters. The number of aryl methyl sites for hydroxylation is 2. The van der Waals surface area contributed by atoms with Crippen LogP contribution in [0.25, 0.3) is 0 Å². The van der Waals surface area contributed by atoms with Crippen molar-refractivity contribution in [3.05, 3.63) is 65.0 Å². The molecule has 1 heterocycles. The van der Waals surface area contributed by atoms with Crippen LogP contribution in [0.15, 0.2) is 53.9 Å². The number of rotatable bonds is 5. The van der Waals surface area contributed by atoms with Gasteiger partial charge < -0.3 is 15.1 Å². The second-order valence-electron chi connectivity index (χ2n) is 7.19. The van der Waals surface area contributed by atoms with E-state index < -0.39 is 0 Å². The van der Waals surface area contributed by atoms with Crippen LogP contribution in [0.4, 0.5) is 17.1 Å². The lowest BCUT2D eigenvalue weighted by Crippen LogP contribution is -2.26. The minimum Gasteiger partial charge on any atom is -0.328 e.